The molecule has 2 aliphatic rings. The number of ketones is 2. The third-order valence-corrected chi connectivity index (χ3v) is 5.07. The number of aromatic hydroxyl groups is 3. The Kier molecular flexibility index (Phi) is 3.02. The minimum absolute atomic E-state index is 0.0210. The highest BCUT2D eigenvalue weighted by Gasteiger charge is 2.39. The lowest BCUT2D eigenvalue weighted by atomic mass is 9.75. The fourth-order valence-corrected chi connectivity index (χ4v) is 3.80. The largest absolute Gasteiger partial charge is 0.507 e. The minimum Gasteiger partial charge on any atom is -0.507 e. The molecule has 6 nitrogen and oxygen atoms in total. The first-order valence-electron chi connectivity index (χ1n) is 7.95. The van der Waals surface area contributed by atoms with Crippen LogP contribution in [-0.4, -0.2) is 37.6 Å². The molecule has 0 saturated carbocycles. The van der Waals surface area contributed by atoms with Gasteiger partial charge in [-0.05, 0) is 49.1 Å². The number of carbonyl (C=O) groups excluding carboxylic acids is 2. The first kappa shape index (κ1) is 15.7. The van der Waals surface area contributed by atoms with E-state index >= 15 is 0 Å². The van der Waals surface area contributed by atoms with Gasteiger partial charge in [0.15, 0.2) is 5.78 Å². The zero-order chi connectivity index (χ0) is 18.1. The number of aliphatic hydroxyl groups is 1. The Labute approximate surface area is 143 Å². The van der Waals surface area contributed by atoms with Gasteiger partial charge in [0.25, 0.3) is 0 Å². The summed E-state index contributed by atoms with van der Waals surface area (Å²) in [6, 6.07) is 3.79. The SMILES string of the molecule is CC1(O)CCc2c(cc3c(c2O)C(=O)c2c(O)ccc(O)c2C3=O)C1. The topological polar surface area (TPSA) is 115 Å². The number of phenols is 3. The summed E-state index contributed by atoms with van der Waals surface area (Å²) in [5, 5.41) is 40.9. The van der Waals surface area contributed by atoms with E-state index in [1.165, 1.54) is 6.07 Å². The molecule has 6 heteroatoms. The molecule has 128 valence electrons. The number of fused-ring (bicyclic) bond motifs is 3. The maximum atomic E-state index is 12.8. The van der Waals surface area contributed by atoms with Crippen molar-refractivity contribution < 1.29 is 30.0 Å². The number of carbonyl (C=O) groups is 2. The zero-order valence-corrected chi connectivity index (χ0v) is 13.5. The Bertz CT molecular complexity index is 971. The molecular weight excluding hydrogens is 324 g/mol. The number of hydrogen-bond acceptors (Lipinski definition) is 6. The average Bonchev–Trinajstić information content (AvgIpc) is 2.53. The molecule has 25 heavy (non-hydrogen) atoms. The maximum Gasteiger partial charge on any atom is 0.202 e. The Morgan fingerprint density at radius 2 is 1.56 bits per heavy atom. The second-order valence-electron chi connectivity index (χ2n) is 6.97. The molecule has 1 atom stereocenters. The standard InChI is InChI=1S/C19H16O6/c1-19(25)5-4-9-8(7-19)6-10-13(16(9)22)18(24)15-12(21)3-2-11(20)14(15)17(10)23/h2-3,6,20-22,25H,4-5,7H2,1H3. The van der Waals surface area contributed by atoms with Gasteiger partial charge in [0.05, 0.1) is 22.3 Å². The molecule has 0 fully saturated rings. The molecule has 2 aromatic rings. The molecule has 0 aromatic heterocycles. The van der Waals surface area contributed by atoms with E-state index in [0.29, 0.717) is 24.0 Å². The monoisotopic (exact) mass is 340 g/mol. The van der Waals surface area contributed by atoms with Gasteiger partial charge in [-0.25, -0.2) is 0 Å². The molecule has 4 N–H and O–H groups in total. The van der Waals surface area contributed by atoms with E-state index in [-0.39, 0.29) is 34.4 Å². The molecule has 0 spiro atoms. The Morgan fingerprint density at radius 3 is 2.20 bits per heavy atom. The van der Waals surface area contributed by atoms with E-state index in [4.69, 9.17) is 0 Å². The summed E-state index contributed by atoms with van der Waals surface area (Å²) < 4.78 is 0. The Morgan fingerprint density at radius 1 is 0.960 bits per heavy atom. The molecule has 0 heterocycles. The molecule has 0 aliphatic heterocycles. The van der Waals surface area contributed by atoms with Gasteiger partial charge in [-0.1, -0.05) is 0 Å². The minimum atomic E-state index is -0.951. The third kappa shape index (κ3) is 2.07. The van der Waals surface area contributed by atoms with Crippen LogP contribution in [0.5, 0.6) is 17.2 Å². The molecule has 2 aromatic carbocycles. The predicted octanol–water partition coefficient (Wildman–Crippen LogP) is 1.82. The molecule has 4 rings (SSSR count). The van der Waals surface area contributed by atoms with E-state index in [2.05, 4.69) is 0 Å². The van der Waals surface area contributed by atoms with Crippen molar-refractivity contribution in [2.24, 2.45) is 0 Å². The van der Waals surface area contributed by atoms with Crippen molar-refractivity contribution in [1.82, 2.24) is 0 Å². The van der Waals surface area contributed by atoms with Crippen LogP contribution in [0.25, 0.3) is 0 Å². The van der Waals surface area contributed by atoms with E-state index in [0.717, 1.165) is 12.1 Å². The fraction of sp³-hybridized carbons (Fsp3) is 0.263. The fourth-order valence-electron chi connectivity index (χ4n) is 3.80. The Hall–Kier alpha value is -2.86. The van der Waals surface area contributed by atoms with Crippen LogP contribution < -0.4 is 0 Å². The highest BCUT2D eigenvalue weighted by molar-refractivity contribution is 6.31. The number of benzene rings is 2. The van der Waals surface area contributed by atoms with Crippen molar-refractivity contribution in [3.05, 3.63) is 51.6 Å². The van der Waals surface area contributed by atoms with Crippen LogP contribution in [-0.2, 0) is 12.8 Å². The van der Waals surface area contributed by atoms with Gasteiger partial charge in [-0.3, -0.25) is 9.59 Å². The van der Waals surface area contributed by atoms with Crippen molar-refractivity contribution in [3.8, 4) is 17.2 Å². The molecule has 2 aliphatic carbocycles. The van der Waals surface area contributed by atoms with Gasteiger partial charge in [-0.15, -0.1) is 0 Å². The van der Waals surface area contributed by atoms with E-state index in [9.17, 15) is 30.0 Å². The molecule has 0 saturated heterocycles. The van der Waals surface area contributed by atoms with Crippen molar-refractivity contribution in [2.75, 3.05) is 0 Å². The van der Waals surface area contributed by atoms with Crippen LogP contribution >= 0.6 is 0 Å². The molecular formula is C19H16O6. The summed E-state index contributed by atoms with van der Waals surface area (Å²) in [5.41, 5.74) is -0.541. The van der Waals surface area contributed by atoms with Gasteiger partial charge in [0.2, 0.25) is 5.78 Å². The number of phenolic OH excluding ortho intramolecular Hbond substituents is 3. The molecule has 1 unspecified atom stereocenters. The molecule has 0 bridgehead atoms. The van der Waals surface area contributed by atoms with E-state index in [1.807, 2.05) is 0 Å². The summed E-state index contributed by atoms with van der Waals surface area (Å²) in [7, 11) is 0. The summed E-state index contributed by atoms with van der Waals surface area (Å²) in [4.78, 5) is 25.7. The summed E-state index contributed by atoms with van der Waals surface area (Å²) in [6.07, 6.45) is 1.06. The number of rotatable bonds is 0. The highest BCUT2D eigenvalue weighted by Crippen LogP contribution is 2.44. The van der Waals surface area contributed by atoms with Crippen LogP contribution in [0, 0.1) is 0 Å². The van der Waals surface area contributed by atoms with Crippen molar-refractivity contribution >= 4 is 11.6 Å². The van der Waals surface area contributed by atoms with Crippen LogP contribution in [0.3, 0.4) is 0 Å². The summed E-state index contributed by atoms with van der Waals surface area (Å²) >= 11 is 0. The Balaban J connectivity index is 2.01. The summed E-state index contributed by atoms with van der Waals surface area (Å²) in [5.74, 6) is -2.44. The average molecular weight is 340 g/mol. The molecule has 0 radical (unpaired) electrons. The lowest BCUT2D eigenvalue weighted by molar-refractivity contribution is 0.0454. The predicted molar refractivity (Wildman–Crippen MR) is 87.4 cm³/mol. The van der Waals surface area contributed by atoms with E-state index < -0.39 is 28.7 Å². The molecule has 0 amide bonds. The lowest BCUT2D eigenvalue weighted by Crippen LogP contribution is -2.33. The first-order valence-corrected chi connectivity index (χ1v) is 7.95. The second kappa shape index (κ2) is 4.83. The highest BCUT2D eigenvalue weighted by atomic mass is 16.3. The van der Waals surface area contributed by atoms with E-state index in [1.54, 1.807) is 6.92 Å². The zero-order valence-electron chi connectivity index (χ0n) is 13.5. The lowest BCUT2D eigenvalue weighted by Gasteiger charge is -2.32. The van der Waals surface area contributed by atoms with Crippen LogP contribution in [0.4, 0.5) is 0 Å². The number of hydrogen-bond donors (Lipinski definition) is 4. The van der Waals surface area contributed by atoms with Gasteiger partial charge in [-0.2, -0.15) is 0 Å². The quantitative estimate of drug-likeness (QED) is 0.464. The smallest absolute Gasteiger partial charge is 0.202 e. The van der Waals surface area contributed by atoms with Crippen LogP contribution in [0.2, 0.25) is 0 Å². The third-order valence-electron chi connectivity index (χ3n) is 5.07. The normalized spacial score (nSPS) is 21.5. The van der Waals surface area contributed by atoms with Crippen LogP contribution in [0.1, 0.15) is 56.3 Å². The van der Waals surface area contributed by atoms with Crippen LogP contribution in [0.15, 0.2) is 18.2 Å². The van der Waals surface area contributed by atoms with Crippen molar-refractivity contribution in [3.63, 3.8) is 0 Å². The van der Waals surface area contributed by atoms with Gasteiger partial charge in [0, 0.05) is 12.0 Å². The first-order chi connectivity index (χ1) is 11.7. The van der Waals surface area contributed by atoms with Gasteiger partial charge < -0.3 is 20.4 Å². The summed E-state index contributed by atoms with van der Waals surface area (Å²) in [6.45, 7) is 1.68. The van der Waals surface area contributed by atoms with Gasteiger partial charge in [0.1, 0.15) is 17.2 Å². The maximum absolute atomic E-state index is 12.8. The van der Waals surface area contributed by atoms with Gasteiger partial charge >= 0.3 is 0 Å². The van der Waals surface area contributed by atoms with Crippen molar-refractivity contribution in [1.29, 1.82) is 0 Å². The van der Waals surface area contributed by atoms with Crippen molar-refractivity contribution in [2.45, 2.75) is 31.8 Å². The second-order valence-corrected chi connectivity index (χ2v) is 6.97.